The quantitative estimate of drug-likeness (QED) is 0.722. The van der Waals surface area contributed by atoms with E-state index in [1.54, 1.807) is 18.2 Å². The van der Waals surface area contributed by atoms with E-state index in [2.05, 4.69) is 25.9 Å². The summed E-state index contributed by atoms with van der Waals surface area (Å²) >= 11 is 3.11. The van der Waals surface area contributed by atoms with Gasteiger partial charge in [0.15, 0.2) is 0 Å². The summed E-state index contributed by atoms with van der Waals surface area (Å²) in [6.07, 6.45) is 1.41. The van der Waals surface area contributed by atoms with Gasteiger partial charge >= 0.3 is 0 Å². The van der Waals surface area contributed by atoms with Gasteiger partial charge in [0.25, 0.3) is 0 Å². The molecule has 100 valence electrons. The third-order valence-electron chi connectivity index (χ3n) is 2.73. The monoisotopic (exact) mass is 333 g/mol. The Morgan fingerprint density at radius 3 is 2.75 bits per heavy atom. The van der Waals surface area contributed by atoms with Crippen LogP contribution in [-0.2, 0) is 0 Å². The Morgan fingerprint density at radius 1 is 1.10 bits per heavy atom. The van der Waals surface area contributed by atoms with Crippen molar-refractivity contribution >= 4 is 32.5 Å². The van der Waals surface area contributed by atoms with Crippen LogP contribution in [0.25, 0.3) is 10.9 Å². The smallest absolute Gasteiger partial charge is 0.230 e. The molecule has 0 saturated heterocycles. The first-order valence-electron chi connectivity index (χ1n) is 5.76. The molecule has 1 heterocycles. The van der Waals surface area contributed by atoms with Gasteiger partial charge in [0.1, 0.15) is 17.9 Å². The van der Waals surface area contributed by atoms with Crippen molar-refractivity contribution in [2.45, 2.75) is 0 Å². The van der Waals surface area contributed by atoms with E-state index < -0.39 is 0 Å². The molecule has 0 fully saturated rings. The zero-order valence-corrected chi connectivity index (χ0v) is 11.8. The van der Waals surface area contributed by atoms with E-state index >= 15 is 0 Å². The van der Waals surface area contributed by atoms with Gasteiger partial charge < -0.3 is 10.5 Å². The highest BCUT2D eigenvalue weighted by Crippen LogP contribution is 2.30. The van der Waals surface area contributed by atoms with Crippen LogP contribution in [0.1, 0.15) is 0 Å². The van der Waals surface area contributed by atoms with Gasteiger partial charge in [-0.3, -0.25) is 0 Å². The van der Waals surface area contributed by atoms with Crippen molar-refractivity contribution in [3.63, 3.8) is 0 Å². The van der Waals surface area contributed by atoms with Crippen LogP contribution in [-0.4, -0.2) is 9.97 Å². The van der Waals surface area contributed by atoms with Crippen molar-refractivity contribution < 1.29 is 9.13 Å². The van der Waals surface area contributed by atoms with Gasteiger partial charge in [0.2, 0.25) is 5.88 Å². The Labute approximate surface area is 122 Å². The van der Waals surface area contributed by atoms with Gasteiger partial charge in [-0.05, 0) is 52.3 Å². The summed E-state index contributed by atoms with van der Waals surface area (Å²) in [5.41, 5.74) is 7.08. The summed E-state index contributed by atoms with van der Waals surface area (Å²) < 4.78 is 19.2. The molecule has 3 rings (SSSR count). The van der Waals surface area contributed by atoms with Crippen LogP contribution < -0.4 is 10.5 Å². The van der Waals surface area contributed by atoms with E-state index in [0.717, 1.165) is 5.52 Å². The molecule has 3 aromatic rings. The first kappa shape index (κ1) is 12.8. The average molecular weight is 334 g/mol. The van der Waals surface area contributed by atoms with Gasteiger partial charge in [-0.15, -0.1) is 0 Å². The molecule has 1 aromatic heterocycles. The fraction of sp³-hybridized carbons (Fsp3) is 0. The minimum Gasteiger partial charge on any atom is -0.438 e. The van der Waals surface area contributed by atoms with Gasteiger partial charge in [0, 0.05) is 5.69 Å². The molecule has 0 radical (unpaired) electrons. The van der Waals surface area contributed by atoms with Crippen LogP contribution >= 0.6 is 15.9 Å². The SMILES string of the molecule is Nc1ccc2ncnc(Oc3ccc(F)c(Br)c3)c2c1. The summed E-state index contributed by atoms with van der Waals surface area (Å²) in [6, 6.07) is 9.67. The van der Waals surface area contributed by atoms with Crippen molar-refractivity contribution in [1.29, 1.82) is 0 Å². The number of hydrogen-bond acceptors (Lipinski definition) is 4. The minimum absolute atomic E-state index is 0.327. The second-order valence-electron chi connectivity index (χ2n) is 4.13. The van der Waals surface area contributed by atoms with E-state index in [9.17, 15) is 4.39 Å². The van der Waals surface area contributed by atoms with Crippen molar-refractivity contribution in [3.05, 3.63) is 53.0 Å². The fourth-order valence-electron chi connectivity index (χ4n) is 1.78. The molecule has 0 unspecified atom stereocenters. The maximum Gasteiger partial charge on any atom is 0.230 e. The number of fused-ring (bicyclic) bond motifs is 1. The molecule has 0 saturated carbocycles. The molecule has 0 aliphatic carbocycles. The molecule has 0 bridgehead atoms. The number of benzene rings is 2. The summed E-state index contributed by atoms with van der Waals surface area (Å²) in [7, 11) is 0. The summed E-state index contributed by atoms with van der Waals surface area (Å²) in [5, 5.41) is 0.702. The standard InChI is InChI=1S/C14H9BrFN3O/c15-11-6-9(2-3-12(11)16)20-14-10-5-8(17)1-4-13(10)18-7-19-14/h1-7H,17H2. The van der Waals surface area contributed by atoms with Crippen LogP contribution in [0.4, 0.5) is 10.1 Å². The van der Waals surface area contributed by atoms with E-state index in [0.29, 0.717) is 27.2 Å². The lowest BCUT2D eigenvalue weighted by Crippen LogP contribution is -1.93. The van der Waals surface area contributed by atoms with Gasteiger partial charge in [-0.2, -0.15) is 0 Å². The molecule has 0 amide bonds. The van der Waals surface area contributed by atoms with Crippen molar-refractivity contribution in [1.82, 2.24) is 9.97 Å². The third-order valence-corrected chi connectivity index (χ3v) is 3.34. The lowest BCUT2D eigenvalue weighted by Gasteiger charge is -2.08. The topological polar surface area (TPSA) is 61.0 Å². The van der Waals surface area contributed by atoms with Gasteiger partial charge in [-0.1, -0.05) is 0 Å². The zero-order chi connectivity index (χ0) is 14.1. The lowest BCUT2D eigenvalue weighted by atomic mass is 10.2. The third kappa shape index (κ3) is 2.42. The number of nitrogens with zero attached hydrogens (tertiary/aromatic N) is 2. The summed E-state index contributed by atoms with van der Waals surface area (Å²) in [5.74, 6) is 0.496. The highest BCUT2D eigenvalue weighted by molar-refractivity contribution is 9.10. The first-order chi connectivity index (χ1) is 9.63. The molecule has 0 aliphatic heterocycles. The molecule has 0 atom stereocenters. The number of halogens is 2. The molecule has 4 nitrogen and oxygen atoms in total. The zero-order valence-electron chi connectivity index (χ0n) is 10.2. The Kier molecular flexibility index (Phi) is 3.23. The number of nitrogens with two attached hydrogens (primary N) is 1. The molecule has 0 spiro atoms. The van der Waals surface area contributed by atoms with Crippen molar-refractivity contribution in [3.8, 4) is 11.6 Å². The number of ether oxygens (including phenoxy) is 1. The molecule has 2 aromatic carbocycles. The number of aromatic nitrogens is 2. The predicted molar refractivity (Wildman–Crippen MR) is 78.1 cm³/mol. The molecule has 2 N–H and O–H groups in total. The predicted octanol–water partition coefficient (Wildman–Crippen LogP) is 3.91. The number of rotatable bonds is 2. The molecular weight excluding hydrogens is 325 g/mol. The maximum absolute atomic E-state index is 13.2. The second-order valence-corrected chi connectivity index (χ2v) is 4.99. The molecule has 20 heavy (non-hydrogen) atoms. The highest BCUT2D eigenvalue weighted by Gasteiger charge is 2.08. The minimum atomic E-state index is -0.353. The van der Waals surface area contributed by atoms with Crippen molar-refractivity contribution in [2.75, 3.05) is 5.73 Å². The summed E-state index contributed by atoms with van der Waals surface area (Å²) in [4.78, 5) is 8.24. The van der Waals surface area contributed by atoms with Crippen LogP contribution in [0.5, 0.6) is 11.6 Å². The second kappa shape index (κ2) is 5.05. The van der Waals surface area contributed by atoms with E-state index in [1.807, 2.05) is 0 Å². The molecule has 0 aliphatic rings. The number of anilines is 1. The molecule has 6 heteroatoms. The lowest BCUT2D eigenvalue weighted by molar-refractivity contribution is 0.466. The Hall–Kier alpha value is -2.21. The van der Waals surface area contributed by atoms with Gasteiger partial charge in [0.05, 0.1) is 15.4 Å². The van der Waals surface area contributed by atoms with Crippen molar-refractivity contribution in [2.24, 2.45) is 0 Å². The summed E-state index contributed by atoms with van der Waals surface area (Å²) in [6.45, 7) is 0. The maximum atomic E-state index is 13.2. The number of hydrogen-bond donors (Lipinski definition) is 1. The average Bonchev–Trinajstić information content (AvgIpc) is 2.44. The van der Waals surface area contributed by atoms with E-state index in [1.165, 1.54) is 24.5 Å². The normalized spacial score (nSPS) is 10.7. The Bertz CT molecular complexity index is 794. The van der Waals surface area contributed by atoms with Crippen LogP contribution in [0.15, 0.2) is 47.2 Å². The first-order valence-corrected chi connectivity index (χ1v) is 6.56. The van der Waals surface area contributed by atoms with Crippen LogP contribution in [0, 0.1) is 5.82 Å². The Morgan fingerprint density at radius 2 is 1.95 bits per heavy atom. The van der Waals surface area contributed by atoms with E-state index in [-0.39, 0.29) is 5.82 Å². The van der Waals surface area contributed by atoms with Gasteiger partial charge in [-0.25, -0.2) is 14.4 Å². The molecular formula is C14H9BrFN3O. The van der Waals surface area contributed by atoms with Crippen LogP contribution in [0.3, 0.4) is 0 Å². The highest BCUT2D eigenvalue weighted by atomic mass is 79.9. The van der Waals surface area contributed by atoms with Crippen LogP contribution in [0.2, 0.25) is 0 Å². The largest absolute Gasteiger partial charge is 0.438 e. The van der Waals surface area contributed by atoms with E-state index in [4.69, 9.17) is 10.5 Å². The number of nitrogen functional groups attached to an aromatic ring is 1. The fourth-order valence-corrected chi connectivity index (χ4v) is 2.14. The Balaban J connectivity index is 2.05.